The third kappa shape index (κ3) is 2.64. The van der Waals surface area contributed by atoms with Crippen LogP contribution in [0, 0.1) is 29.1 Å². The fraction of sp³-hybridized carbons (Fsp3) is 0.579. The summed E-state index contributed by atoms with van der Waals surface area (Å²) >= 11 is 0. The van der Waals surface area contributed by atoms with Crippen molar-refractivity contribution in [3.8, 4) is 6.07 Å². The highest BCUT2D eigenvalue weighted by Crippen LogP contribution is 2.51. The van der Waals surface area contributed by atoms with E-state index in [1.165, 1.54) is 19.3 Å². The van der Waals surface area contributed by atoms with Gasteiger partial charge in [-0.15, -0.1) is 0 Å². The van der Waals surface area contributed by atoms with Crippen molar-refractivity contribution < 1.29 is 11.0 Å². The molecule has 0 aromatic heterocycles. The van der Waals surface area contributed by atoms with E-state index in [0.717, 1.165) is 24.3 Å². The summed E-state index contributed by atoms with van der Waals surface area (Å²) in [5.74, 6) is 1.84. The van der Waals surface area contributed by atoms with Gasteiger partial charge in [0.2, 0.25) is 5.91 Å². The number of carbonyl (C=O) groups is 1. The SMILES string of the molecule is N#Cc1cccc([C@]2(CNC(=O)[C@H]3C[C@@H]3C3CCC3)CCO2)c1.[HH]. The van der Waals surface area contributed by atoms with Crippen molar-refractivity contribution in [1.29, 1.82) is 5.26 Å². The van der Waals surface area contributed by atoms with Gasteiger partial charge in [-0.1, -0.05) is 31.4 Å². The topological polar surface area (TPSA) is 62.1 Å². The lowest BCUT2D eigenvalue weighted by Gasteiger charge is -2.42. The predicted octanol–water partition coefficient (Wildman–Crippen LogP) is 2.97. The molecule has 3 aliphatic rings. The first kappa shape index (κ1) is 14.7. The number of nitrogens with one attached hydrogen (secondary N) is 1. The second-order valence-corrected chi connectivity index (χ2v) is 7.20. The summed E-state index contributed by atoms with van der Waals surface area (Å²) in [6, 6.07) is 9.71. The van der Waals surface area contributed by atoms with Gasteiger partial charge in [-0.2, -0.15) is 5.26 Å². The zero-order chi connectivity index (χ0) is 15.9. The largest absolute Gasteiger partial charge is 0.368 e. The molecule has 0 spiro atoms. The lowest BCUT2D eigenvalue weighted by Crippen LogP contribution is -2.50. The summed E-state index contributed by atoms with van der Waals surface area (Å²) in [5.41, 5.74) is 1.19. The Hall–Kier alpha value is -1.86. The molecule has 1 aliphatic heterocycles. The molecule has 3 fully saturated rings. The van der Waals surface area contributed by atoms with Gasteiger partial charge in [0.25, 0.3) is 0 Å². The molecule has 122 valence electrons. The number of nitrogens with zero attached hydrogens (tertiary/aromatic N) is 1. The van der Waals surface area contributed by atoms with Gasteiger partial charge in [0.15, 0.2) is 0 Å². The standard InChI is InChI=1S/C19H22N2O2.H2/c20-11-13-3-1-6-15(9-13)19(7-8-23-19)12-21-18(22)17-10-16(17)14-4-2-5-14;/h1,3,6,9,14,16-17H,2,4-5,7-8,10,12H2,(H,21,22);1H/t16-,17+,19-;/m1./s1. The van der Waals surface area contributed by atoms with Crippen molar-refractivity contribution in [3.63, 3.8) is 0 Å². The third-order valence-electron chi connectivity index (χ3n) is 5.88. The molecule has 1 heterocycles. The Morgan fingerprint density at radius 1 is 1.48 bits per heavy atom. The number of amides is 1. The molecule has 2 saturated carbocycles. The van der Waals surface area contributed by atoms with Crippen molar-refractivity contribution in [2.24, 2.45) is 17.8 Å². The van der Waals surface area contributed by atoms with Crippen molar-refractivity contribution in [1.82, 2.24) is 5.32 Å². The van der Waals surface area contributed by atoms with Gasteiger partial charge < -0.3 is 10.1 Å². The Labute approximate surface area is 138 Å². The second-order valence-electron chi connectivity index (χ2n) is 7.20. The zero-order valence-electron chi connectivity index (χ0n) is 13.3. The van der Waals surface area contributed by atoms with Crippen LogP contribution < -0.4 is 5.32 Å². The fourth-order valence-electron chi connectivity index (χ4n) is 3.96. The number of ether oxygens (including phenoxy) is 1. The second kappa shape index (κ2) is 5.65. The molecule has 1 saturated heterocycles. The summed E-state index contributed by atoms with van der Waals surface area (Å²) in [5, 5.41) is 12.2. The number of hydrogen-bond donors (Lipinski definition) is 1. The van der Waals surface area contributed by atoms with Crippen molar-refractivity contribution in [2.45, 2.75) is 37.7 Å². The summed E-state index contributed by atoms with van der Waals surface area (Å²) in [6.45, 7) is 1.22. The van der Waals surface area contributed by atoms with E-state index >= 15 is 0 Å². The number of hydrogen-bond acceptors (Lipinski definition) is 3. The van der Waals surface area contributed by atoms with Gasteiger partial charge in [-0.25, -0.2) is 0 Å². The van der Waals surface area contributed by atoms with Gasteiger partial charge >= 0.3 is 0 Å². The summed E-state index contributed by atoms with van der Waals surface area (Å²) < 4.78 is 5.84. The maximum atomic E-state index is 12.4. The third-order valence-corrected chi connectivity index (χ3v) is 5.88. The lowest BCUT2D eigenvalue weighted by molar-refractivity contribution is -0.155. The molecule has 1 aromatic rings. The average Bonchev–Trinajstić information content (AvgIpc) is 3.24. The first-order valence-corrected chi connectivity index (χ1v) is 8.64. The molecule has 1 aromatic carbocycles. The number of benzene rings is 1. The maximum absolute atomic E-state index is 12.4. The van der Waals surface area contributed by atoms with Crippen molar-refractivity contribution >= 4 is 5.91 Å². The number of rotatable bonds is 5. The molecule has 0 bridgehead atoms. The van der Waals surface area contributed by atoms with Gasteiger partial charge in [0.05, 0.1) is 24.8 Å². The van der Waals surface area contributed by atoms with E-state index in [-0.39, 0.29) is 13.3 Å². The average molecular weight is 312 g/mol. The molecule has 0 unspecified atom stereocenters. The molecule has 0 radical (unpaired) electrons. The quantitative estimate of drug-likeness (QED) is 0.909. The van der Waals surface area contributed by atoms with Crippen LogP contribution in [0.25, 0.3) is 0 Å². The number of nitriles is 1. The minimum Gasteiger partial charge on any atom is -0.368 e. The Morgan fingerprint density at radius 2 is 2.30 bits per heavy atom. The van der Waals surface area contributed by atoms with E-state index in [1.807, 2.05) is 18.2 Å². The Kier molecular flexibility index (Phi) is 3.61. The van der Waals surface area contributed by atoms with Gasteiger partial charge in [0, 0.05) is 13.8 Å². The van der Waals surface area contributed by atoms with E-state index in [4.69, 9.17) is 10.00 Å². The van der Waals surface area contributed by atoms with Crippen LogP contribution >= 0.6 is 0 Å². The van der Waals surface area contributed by atoms with E-state index < -0.39 is 5.60 Å². The van der Waals surface area contributed by atoms with Crippen LogP contribution in [0.3, 0.4) is 0 Å². The molecule has 23 heavy (non-hydrogen) atoms. The van der Waals surface area contributed by atoms with Crippen LogP contribution in [0.1, 0.15) is 44.7 Å². The van der Waals surface area contributed by atoms with Crippen LogP contribution in [0.5, 0.6) is 0 Å². The summed E-state index contributed by atoms with van der Waals surface area (Å²) in [7, 11) is 0. The van der Waals surface area contributed by atoms with Crippen molar-refractivity contribution in [2.75, 3.05) is 13.2 Å². The Morgan fingerprint density at radius 3 is 2.91 bits per heavy atom. The van der Waals surface area contributed by atoms with E-state index in [0.29, 0.717) is 24.6 Å². The molecular weight excluding hydrogens is 288 g/mol. The predicted molar refractivity (Wildman–Crippen MR) is 87.5 cm³/mol. The lowest BCUT2D eigenvalue weighted by atomic mass is 9.81. The summed E-state index contributed by atoms with van der Waals surface area (Å²) in [6.07, 6.45) is 5.90. The van der Waals surface area contributed by atoms with Gasteiger partial charge in [0.1, 0.15) is 5.60 Å². The van der Waals surface area contributed by atoms with E-state index in [9.17, 15) is 4.79 Å². The van der Waals surface area contributed by atoms with E-state index in [1.54, 1.807) is 6.07 Å². The Balaban J connectivity index is 0.00000169. The van der Waals surface area contributed by atoms with Crippen LogP contribution in [0.15, 0.2) is 24.3 Å². The minimum atomic E-state index is -0.441. The van der Waals surface area contributed by atoms with Gasteiger partial charge in [-0.05, 0) is 36.0 Å². The smallest absolute Gasteiger partial charge is 0.223 e. The number of carbonyl (C=O) groups excluding carboxylic acids is 1. The van der Waals surface area contributed by atoms with Crippen LogP contribution in [0.2, 0.25) is 0 Å². The normalized spacial score (nSPS) is 32.3. The Bertz CT molecular complexity index is 662. The van der Waals surface area contributed by atoms with Crippen molar-refractivity contribution in [3.05, 3.63) is 35.4 Å². The molecule has 3 atom stereocenters. The molecule has 4 heteroatoms. The van der Waals surface area contributed by atoms with Crippen LogP contribution in [0.4, 0.5) is 0 Å². The highest BCUT2D eigenvalue weighted by atomic mass is 16.5. The highest BCUT2D eigenvalue weighted by Gasteiger charge is 2.49. The molecule has 4 rings (SSSR count). The zero-order valence-corrected chi connectivity index (χ0v) is 13.3. The van der Waals surface area contributed by atoms with Crippen LogP contribution in [-0.2, 0) is 15.1 Å². The maximum Gasteiger partial charge on any atom is 0.223 e. The molecular formula is C19H24N2O2. The first-order chi connectivity index (χ1) is 11.2. The minimum absolute atomic E-state index is 0. The molecule has 2 aliphatic carbocycles. The summed E-state index contributed by atoms with van der Waals surface area (Å²) in [4.78, 5) is 12.4. The van der Waals surface area contributed by atoms with Gasteiger partial charge in [-0.3, -0.25) is 4.79 Å². The fourth-order valence-corrected chi connectivity index (χ4v) is 3.96. The molecule has 1 amide bonds. The molecule has 1 N–H and O–H groups in total. The highest BCUT2D eigenvalue weighted by molar-refractivity contribution is 5.81. The molecule has 4 nitrogen and oxygen atoms in total. The first-order valence-electron chi connectivity index (χ1n) is 8.64. The van der Waals surface area contributed by atoms with Crippen LogP contribution in [-0.4, -0.2) is 19.1 Å². The van der Waals surface area contributed by atoms with E-state index in [2.05, 4.69) is 11.4 Å². The monoisotopic (exact) mass is 312 g/mol.